The predicted molar refractivity (Wildman–Crippen MR) is 218 cm³/mol. The summed E-state index contributed by atoms with van der Waals surface area (Å²) < 4.78 is 99.0. The third-order valence-electron chi connectivity index (χ3n) is 12.2. The summed E-state index contributed by atoms with van der Waals surface area (Å²) in [5.41, 5.74) is -0.439. The second-order valence-electron chi connectivity index (χ2n) is 15.8. The van der Waals surface area contributed by atoms with E-state index in [0.29, 0.717) is 22.2 Å². The van der Waals surface area contributed by atoms with Gasteiger partial charge in [-0.25, -0.2) is 31.0 Å². The highest BCUT2D eigenvalue weighted by Gasteiger charge is 2.44. The van der Waals surface area contributed by atoms with Crippen LogP contribution in [-0.2, 0) is 21.2 Å². The fourth-order valence-electron chi connectivity index (χ4n) is 9.06. The first-order valence-electron chi connectivity index (χ1n) is 18.2. The van der Waals surface area contributed by atoms with Crippen LogP contribution in [0.4, 0.5) is 18.9 Å². The van der Waals surface area contributed by atoms with Crippen LogP contribution in [0.1, 0.15) is 60.3 Å². The molecule has 0 spiro atoms. The van der Waals surface area contributed by atoms with E-state index in [2.05, 4.69) is 37.2 Å². The monoisotopic (exact) mass is 836 g/mol. The highest BCUT2D eigenvalue weighted by Crippen LogP contribution is 2.56. The summed E-state index contributed by atoms with van der Waals surface area (Å²) in [4.78, 5) is 14.0. The first-order valence-corrected chi connectivity index (χ1v) is 21.2. The molecule has 58 heavy (non-hydrogen) atoms. The van der Waals surface area contributed by atoms with Crippen LogP contribution >= 0.6 is 22.7 Å². The summed E-state index contributed by atoms with van der Waals surface area (Å²) in [5.74, 6) is -8.42. The van der Waals surface area contributed by atoms with Crippen LogP contribution < -0.4 is 24.8 Å². The molecule has 10 rings (SSSR count). The molecule has 0 radical (unpaired) electrons. The maximum Gasteiger partial charge on any atom is 0.341 e. The van der Waals surface area contributed by atoms with E-state index in [1.54, 1.807) is 24.3 Å². The number of thiophene rings is 2. The average Bonchev–Trinajstić information content (AvgIpc) is 3.76. The van der Waals surface area contributed by atoms with E-state index in [-0.39, 0.29) is 27.9 Å². The molecule has 0 atom stereocenters. The second-order valence-corrected chi connectivity index (χ2v) is 19.3. The SMILES string of the molecule is CN1c2cc3c(cc2-c2sc4ccccc4c2C1(C)C)C(c1c(F)c(F)c(C(=O)O)c(F)c1S(=O)(=O)[O-])=c1cc2c(cc1O3)=[N+](C)C(C)(C)c1c-2sc2ccccc12. The van der Waals surface area contributed by atoms with Crippen molar-refractivity contribution in [1.82, 2.24) is 4.58 Å². The van der Waals surface area contributed by atoms with Crippen molar-refractivity contribution in [1.29, 1.82) is 0 Å². The van der Waals surface area contributed by atoms with Gasteiger partial charge in [0.15, 0.2) is 23.0 Å². The number of nitrogens with zero attached hydrogens (tertiary/aromatic N) is 2. The van der Waals surface area contributed by atoms with Crippen LogP contribution in [0.15, 0.2) is 77.7 Å². The van der Waals surface area contributed by atoms with Crippen molar-refractivity contribution in [3.8, 4) is 32.4 Å². The van der Waals surface area contributed by atoms with Gasteiger partial charge in [-0.2, -0.15) is 0 Å². The summed E-state index contributed by atoms with van der Waals surface area (Å²) in [5, 5.41) is 12.5. The van der Waals surface area contributed by atoms with Gasteiger partial charge in [0.2, 0.25) is 5.36 Å². The summed E-state index contributed by atoms with van der Waals surface area (Å²) in [7, 11) is -2.15. The maximum absolute atomic E-state index is 16.8. The average molecular weight is 837 g/mol. The Kier molecular flexibility index (Phi) is 7.47. The molecule has 3 aliphatic rings. The van der Waals surface area contributed by atoms with E-state index < -0.39 is 60.6 Å². The lowest BCUT2D eigenvalue weighted by atomic mass is 9.81. The van der Waals surface area contributed by atoms with Gasteiger partial charge in [0.1, 0.15) is 39.1 Å². The number of carboxylic acid groups (broad SMARTS) is 1. The third kappa shape index (κ3) is 4.68. The molecule has 0 aliphatic carbocycles. The molecule has 0 amide bonds. The minimum atomic E-state index is -6.00. The standard InChI is InChI=1S/C44H31F3N2O6S3/c1-43(2)34-19-11-7-9-13-29(19)56-39(34)21-15-23-27(17-25(21)48(43)5)55-28-18-26-22(40-35(44(3,4)49(26)6)20-12-8-10-14-30(20)57-40)16-24(28)31(23)32-36(45)37(46)33(42(50)51)38(47)41(32)58(52,53)54/h7-18H,1-6H3,(H-,50,51,52,53,54). The molecule has 0 unspecified atom stereocenters. The number of anilines is 1. The molecular formula is C44H31F3N2O6S3. The van der Waals surface area contributed by atoms with Crippen molar-refractivity contribution >= 4 is 70.2 Å². The number of hydrogen-bond acceptors (Lipinski definition) is 8. The molecule has 2 aromatic heterocycles. The van der Waals surface area contributed by atoms with Gasteiger partial charge >= 0.3 is 5.97 Å². The van der Waals surface area contributed by atoms with E-state index in [1.807, 2.05) is 62.6 Å². The Morgan fingerprint density at radius 3 is 2.03 bits per heavy atom. The van der Waals surface area contributed by atoms with E-state index in [9.17, 15) is 22.9 Å². The number of aromatic carboxylic acids is 1. The Labute approximate surface area is 337 Å². The highest BCUT2D eigenvalue weighted by atomic mass is 32.2. The summed E-state index contributed by atoms with van der Waals surface area (Å²) in [6, 6.07) is 22.6. The van der Waals surface area contributed by atoms with Crippen LogP contribution in [0.3, 0.4) is 0 Å². The van der Waals surface area contributed by atoms with Gasteiger partial charge in [-0.1, -0.05) is 36.4 Å². The Balaban J connectivity index is 1.41. The van der Waals surface area contributed by atoms with Gasteiger partial charge in [-0.15, -0.1) is 22.7 Å². The second kappa shape index (κ2) is 11.8. The number of halogens is 3. The smallest absolute Gasteiger partial charge is 0.341 e. The summed E-state index contributed by atoms with van der Waals surface area (Å²) in [6.07, 6.45) is 0. The molecule has 7 aromatic rings. The van der Waals surface area contributed by atoms with Crippen LogP contribution in [-0.4, -0.2) is 38.1 Å². The highest BCUT2D eigenvalue weighted by molar-refractivity contribution is 7.85. The third-order valence-corrected chi connectivity index (χ3v) is 15.5. The van der Waals surface area contributed by atoms with Crippen molar-refractivity contribution in [3.05, 3.63) is 129 Å². The van der Waals surface area contributed by atoms with E-state index in [4.69, 9.17) is 4.74 Å². The lowest BCUT2D eigenvalue weighted by Gasteiger charge is -2.43. The lowest BCUT2D eigenvalue weighted by molar-refractivity contribution is 0.0684. The molecule has 0 fully saturated rings. The minimum absolute atomic E-state index is 0.0504. The Hall–Kier alpha value is -5.54. The zero-order valence-corrected chi connectivity index (χ0v) is 34.1. The van der Waals surface area contributed by atoms with Crippen molar-refractivity contribution in [2.24, 2.45) is 0 Å². The molecule has 292 valence electrons. The van der Waals surface area contributed by atoms with Crippen molar-refractivity contribution < 1.29 is 40.8 Å². The molecule has 5 heterocycles. The van der Waals surface area contributed by atoms with Gasteiger partial charge in [-0.05, 0) is 43.5 Å². The predicted octanol–water partition coefficient (Wildman–Crippen LogP) is 8.88. The fraction of sp³-hybridized carbons (Fsp3) is 0.182. The van der Waals surface area contributed by atoms with Crippen molar-refractivity contribution in [2.45, 2.75) is 43.7 Å². The zero-order chi connectivity index (χ0) is 41.1. The largest absolute Gasteiger partial charge is 0.744 e. The van der Waals surface area contributed by atoms with Crippen molar-refractivity contribution in [3.63, 3.8) is 0 Å². The van der Waals surface area contributed by atoms with E-state index in [0.717, 1.165) is 41.1 Å². The zero-order valence-electron chi connectivity index (χ0n) is 31.7. The number of carbonyl (C=O) groups is 1. The summed E-state index contributed by atoms with van der Waals surface area (Å²) in [6.45, 7) is 8.35. The fourth-order valence-corrected chi connectivity index (χ4v) is 12.6. The Morgan fingerprint density at radius 2 is 1.41 bits per heavy atom. The number of hydrogen-bond donors (Lipinski definition) is 1. The molecule has 0 saturated carbocycles. The maximum atomic E-state index is 16.8. The van der Waals surface area contributed by atoms with Gasteiger partial charge in [-0.3, -0.25) is 0 Å². The molecule has 1 N–H and O–H groups in total. The molecule has 3 aliphatic heterocycles. The van der Waals surface area contributed by atoms with Gasteiger partial charge in [0, 0.05) is 90.9 Å². The van der Waals surface area contributed by atoms with Gasteiger partial charge in [0.25, 0.3) is 0 Å². The van der Waals surface area contributed by atoms with Crippen LogP contribution in [0, 0.1) is 17.5 Å². The number of benzene rings is 5. The van der Waals surface area contributed by atoms with Gasteiger partial charge in [0.05, 0.1) is 22.0 Å². The molecule has 0 saturated heterocycles. The van der Waals surface area contributed by atoms with Crippen molar-refractivity contribution in [2.75, 3.05) is 19.0 Å². The first kappa shape index (κ1) is 36.8. The number of carboxylic acids is 1. The van der Waals surface area contributed by atoms with Crippen LogP contribution in [0.5, 0.6) is 11.5 Å². The normalized spacial score (nSPS) is 16.0. The minimum Gasteiger partial charge on any atom is -0.744 e. The Bertz CT molecular complexity index is 3350. The first-order chi connectivity index (χ1) is 27.3. The molecule has 8 nitrogen and oxygen atoms in total. The number of rotatable bonds is 3. The Morgan fingerprint density at radius 1 is 0.810 bits per heavy atom. The lowest BCUT2D eigenvalue weighted by Crippen LogP contribution is -2.46. The molecular weight excluding hydrogens is 806 g/mol. The van der Waals surface area contributed by atoms with Crippen LogP contribution in [0.25, 0.3) is 46.6 Å². The molecule has 0 bridgehead atoms. The van der Waals surface area contributed by atoms with E-state index in [1.165, 1.54) is 22.7 Å². The molecule has 14 heteroatoms. The summed E-state index contributed by atoms with van der Waals surface area (Å²) >= 11 is 3.05. The topological polar surface area (TPSA) is 110 Å². The number of fused-ring (bicyclic) bond motifs is 12. The quantitative estimate of drug-likeness (QED) is 0.108. The van der Waals surface area contributed by atoms with Gasteiger partial charge < -0.3 is 19.3 Å². The molecule has 5 aromatic carbocycles. The van der Waals surface area contributed by atoms with E-state index >= 15 is 13.2 Å². The van der Waals surface area contributed by atoms with Crippen LogP contribution in [0.2, 0.25) is 0 Å². The number of ether oxygens (including phenoxy) is 1.